The van der Waals surface area contributed by atoms with Gasteiger partial charge in [0.05, 0.1) is 12.2 Å². The van der Waals surface area contributed by atoms with E-state index in [0.717, 1.165) is 45.3 Å². The Morgan fingerprint density at radius 1 is 0.897 bits per heavy atom. The molecule has 2 aliphatic rings. The number of rotatable bonds is 8. The van der Waals surface area contributed by atoms with Gasteiger partial charge in [-0.3, -0.25) is 14.0 Å². The van der Waals surface area contributed by atoms with E-state index in [9.17, 15) is 17.6 Å². The second-order valence-electron chi connectivity index (χ2n) is 9.70. The first-order valence-electron chi connectivity index (χ1n) is 12.7. The van der Waals surface area contributed by atoms with Crippen LogP contribution in [-0.2, 0) is 23.3 Å². The first-order valence-corrected chi connectivity index (χ1v) is 14.1. The van der Waals surface area contributed by atoms with Gasteiger partial charge in [0, 0.05) is 52.4 Å². The Balaban J connectivity index is 1.21. The summed E-state index contributed by atoms with van der Waals surface area (Å²) < 4.78 is 53.4. The van der Waals surface area contributed by atoms with E-state index in [1.54, 1.807) is 30.3 Å². The minimum atomic E-state index is -3.95. The zero-order valence-electron chi connectivity index (χ0n) is 21.9. The number of fused-ring (bicyclic) bond motifs is 1. The maximum atomic E-state index is 14.5. The normalized spacial score (nSPS) is 15.5. The fourth-order valence-electron chi connectivity index (χ4n) is 4.65. The average molecular weight is 555 g/mol. The van der Waals surface area contributed by atoms with Crippen LogP contribution >= 0.6 is 0 Å². The molecule has 0 atom stereocenters. The van der Waals surface area contributed by atoms with Gasteiger partial charge in [-0.05, 0) is 47.5 Å². The lowest BCUT2D eigenvalue weighted by Gasteiger charge is -2.35. The SMILES string of the molecule is CN(C)S(=O)(=O)N(Cc1ccc(C(=O)N2CCN(Cc3ccc4c(c3)OCO4)CC2)cc1)c1ccccc1F. The molecule has 39 heavy (non-hydrogen) atoms. The van der Waals surface area contributed by atoms with Gasteiger partial charge in [0.1, 0.15) is 5.82 Å². The van der Waals surface area contributed by atoms with Gasteiger partial charge in [-0.1, -0.05) is 30.3 Å². The fourth-order valence-corrected chi connectivity index (χ4v) is 5.75. The number of carbonyl (C=O) groups is 1. The number of halogens is 1. The molecule has 0 unspecified atom stereocenters. The third-order valence-corrected chi connectivity index (χ3v) is 8.70. The average Bonchev–Trinajstić information content (AvgIpc) is 3.40. The van der Waals surface area contributed by atoms with Gasteiger partial charge in [-0.2, -0.15) is 12.7 Å². The molecule has 1 amide bonds. The third kappa shape index (κ3) is 5.85. The number of ether oxygens (including phenoxy) is 2. The summed E-state index contributed by atoms with van der Waals surface area (Å²) in [5.74, 6) is 0.823. The Bertz CT molecular complexity index is 1440. The lowest BCUT2D eigenvalue weighted by molar-refractivity contribution is 0.0628. The highest BCUT2D eigenvalue weighted by Crippen LogP contribution is 2.33. The molecule has 2 heterocycles. The summed E-state index contributed by atoms with van der Waals surface area (Å²) >= 11 is 0. The zero-order valence-corrected chi connectivity index (χ0v) is 22.7. The molecule has 3 aromatic rings. The van der Waals surface area contributed by atoms with Crippen molar-refractivity contribution < 1.29 is 27.1 Å². The highest BCUT2D eigenvalue weighted by molar-refractivity contribution is 7.90. The van der Waals surface area contributed by atoms with E-state index in [1.807, 2.05) is 23.1 Å². The lowest BCUT2D eigenvalue weighted by atomic mass is 10.1. The van der Waals surface area contributed by atoms with Crippen molar-refractivity contribution in [2.24, 2.45) is 0 Å². The maximum Gasteiger partial charge on any atom is 0.303 e. The summed E-state index contributed by atoms with van der Waals surface area (Å²) in [5, 5.41) is 0. The van der Waals surface area contributed by atoms with Crippen LogP contribution in [-0.4, -0.2) is 75.5 Å². The van der Waals surface area contributed by atoms with Crippen LogP contribution in [0.2, 0.25) is 0 Å². The summed E-state index contributed by atoms with van der Waals surface area (Å²) in [7, 11) is -1.15. The molecule has 0 radical (unpaired) electrons. The molecule has 2 aliphatic heterocycles. The van der Waals surface area contributed by atoms with Crippen LogP contribution < -0.4 is 13.8 Å². The Morgan fingerprint density at radius 3 is 2.26 bits per heavy atom. The molecule has 0 bridgehead atoms. The predicted molar refractivity (Wildman–Crippen MR) is 145 cm³/mol. The summed E-state index contributed by atoms with van der Waals surface area (Å²) in [6, 6.07) is 18.5. The fraction of sp³-hybridized carbons (Fsp3) is 0.321. The number of para-hydroxylation sites is 1. The molecular formula is C28H31FN4O5S. The molecule has 9 nitrogen and oxygen atoms in total. The summed E-state index contributed by atoms with van der Waals surface area (Å²) in [6.45, 7) is 3.65. The van der Waals surface area contributed by atoms with E-state index in [2.05, 4.69) is 4.90 Å². The molecule has 1 fully saturated rings. The second-order valence-corrected chi connectivity index (χ2v) is 11.8. The highest BCUT2D eigenvalue weighted by atomic mass is 32.2. The monoisotopic (exact) mass is 554 g/mol. The van der Waals surface area contributed by atoms with Gasteiger partial charge in [0.15, 0.2) is 11.5 Å². The van der Waals surface area contributed by atoms with E-state index < -0.39 is 16.0 Å². The van der Waals surface area contributed by atoms with Crippen LogP contribution in [0.15, 0.2) is 66.7 Å². The molecule has 0 aromatic heterocycles. The van der Waals surface area contributed by atoms with Crippen LogP contribution in [0.25, 0.3) is 0 Å². The number of piperazine rings is 1. The summed E-state index contributed by atoms with van der Waals surface area (Å²) in [6.07, 6.45) is 0. The van der Waals surface area contributed by atoms with Crippen LogP contribution in [0.5, 0.6) is 11.5 Å². The van der Waals surface area contributed by atoms with E-state index in [1.165, 1.54) is 32.3 Å². The Hall–Kier alpha value is -3.67. The quantitative estimate of drug-likeness (QED) is 0.425. The smallest absolute Gasteiger partial charge is 0.303 e. The number of hydrogen-bond acceptors (Lipinski definition) is 6. The van der Waals surface area contributed by atoms with Crippen molar-refractivity contribution in [3.8, 4) is 11.5 Å². The van der Waals surface area contributed by atoms with E-state index in [-0.39, 0.29) is 24.9 Å². The Morgan fingerprint density at radius 2 is 1.56 bits per heavy atom. The van der Waals surface area contributed by atoms with Gasteiger partial charge in [0.25, 0.3) is 5.91 Å². The number of carbonyl (C=O) groups excluding carboxylic acids is 1. The van der Waals surface area contributed by atoms with Crippen molar-refractivity contribution >= 4 is 21.8 Å². The van der Waals surface area contributed by atoms with Crippen LogP contribution in [0.3, 0.4) is 0 Å². The van der Waals surface area contributed by atoms with Gasteiger partial charge in [-0.25, -0.2) is 4.39 Å². The Labute approximate surface area is 228 Å². The maximum absolute atomic E-state index is 14.5. The van der Waals surface area contributed by atoms with Crippen molar-refractivity contribution in [2.45, 2.75) is 13.1 Å². The summed E-state index contributed by atoms with van der Waals surface area (Å²) in [4.78, 5) is 17.3. The lowest BCUT2D eigenvalue weighted by Crippen LogP contribution is -2.48. The van der Waals surface area contributed by atoms with Crippen LogP contribution in [0.4, 0.5) is 10.1 Å². The molecule has 5 rings (SSSR count). The van der Waals surface area contributed by atoms with E-state index in [4.69, 9.17) is 9.47 Å². The topological polar surface area (TPSA) is 82.6 Å². The molecule has 3 aromatic carbocycles. The first kappa shape index (κ1) is 26.9. The van der Waals surface area contributed by atoms with E-state index >= 15 is 0 Å². The molecule has 0 N–H and O–H groups in total. The molecule has 11 heteroatoms. The van der Waals surface area contributed by atoms with Gasteiger partial charge < -0.3 is 14.4 Å². The molecular weight excluding hydrogens is 523 g/mol. The number of anilines is 1. The van der Waals surface area contributed by atoms with Crippen molar-refractivity contribution in [3.63, 3.8) is 0 Å². The zero-order chi connectivity index (χ0) is 27.6. The standard InChI is InChI=1S/C28H31FN4O5S/c1-30(2)39(35,36)33(25-6-4-3-5-24(25)29)19-21-7-10-23(11-8-21)28(34)32-15-13-31(14-16-32)18-22-9-12-26-27(17-22)38-20-37-26/h3-12,17H,13-16,18-20H2,1-2H3. The van der Waals surface area contributed by atoms with Crippen LogP contribution in [0.1, 0.15) is 21.5 Å². The van der Waals surface area contributed by atoms with Crippen molar-refractivity contribution in [2.75, 3.05) is 51.4 Å². The van der Waals surface area contributed by atoms with E-state index in [0.29, 0.717) is 24.2 Å². The number of benzene rings is 3. The molecule has 0 saturated carbocycles. The predicted octanol–water partition coefficient (Wildman–Crippen LogP) is 3.33. The second kappa shape index (κ2) is 11.2. The molecule has 1 saturated heterocycles. The molecule has 0 aliphatic carbocycles. The minimum absolute atomic E-state index is 0.0371. The van der Waals surface area contributed by atoms with Crippen molar-refractivity contribution in [1.82, 2.24) is 14.1 Å². The minimum Gasteiger partial charge on any atom is -0.454 e. The number of amides is 1. The van der Waals surface area contributed by atoms with Crippen molar-refractivity contribution in [1.29, 1.82) is 0 Å². The van der Waals surface area contributed by atoms with Crippen molar-refractivity contribution in [3.05, 3.63) is 89.2 Å². The highest BCUT2D eigenvalue weighted by Gasteiger charge is 2.28. The largest absolute Gasteiger partial charge is 0.454 e. The third-order valence-electron chi connectivity index (χ3n) is 6.89. The van der Waals surface area contributed by atoms with Crippen LogP contribution in [0, 0.1) is 5.82 Å². The number of nitrogens with zero attached hydrogens (tertiary/aromatic N) is 4. The Kier molecular flexibility index (Phi) is 7.74. The van der Waals surface area contributed by atoms with Gasteiger partial charge >= 0.3 is 10.2 Å². The summed E-state index contributed by atoms with van der Waals surface area (Å²) in [5.41, 5.74) is 2.25. The molecule has 0 spiro atoms. The molecule has 206 valence electrons. The van der Waals surface area contributed by atoms with Gasteiger partial charge in [-0.15, -0.1) is 0 Å². The first-order chi connectivity index (χ1) is 18.7. The number of hydrogen-bond donors (Lipinski definition) is 0. The van der Waals surface area contributed by atoms with Gasteiger partial charge in [0.2, 0.25) is 6.79 Å².